The van der Waals surface area contributed by atoms with Crippen LogP contribution in [0.5, 0.6) is 5.88 Å². The van der Waals surface area contributed by atoms with Crippen LogP contribution >= 0.6 is 0 Å². The number of furan rings is 1. The molecule has 0 atom stereocenters. The third-order valence-corrected chi connectivity index (χ3v) is 2.99. The van der Waals surface area contributed by atoms with Gasteiger partial charge in [-0.25, -0.2) is 9.48 Å². The average molecular weight is 272 g/mol. The molecule has 0 aliphatic carbocycles. The number of methoxy groups -OCH3 is 1. The minimum Gasteiger partial charge on any atom is -0.472 e. The van der Waals surface area contributed by atoms with E-state index < -0.39 is 6.16 Å². The maximum atomic E-state index is 11.3. The molecule has 0 N–H and O–H groups in total. The highest BCUT2D eigenvalue weighted by atomic mass is 16.7. The quantitative estimate of drug-likeness (QED) is 0.671. The predicted octanol–water partition coefficient (Wildman–Crippen LogP) is 2.98. The van der Waals surface area contributed by atoms with Gasteiger partial charge < -0.3 is 13.9 Å². The second-order valence-electron chi connectivity index (χ2n) is 4.20. The van der Waals surface area contributed by atoms with Crippen molar-refractivity contribution in [3.8, 4) is 17.0 Å². The molecule has 20 heavy (non-hydrogen) atoms. The molecular weight excluding hydrogens is 260 g/mol. The number of aryl methyl sites for hydroxylation is 1. The van der Waals surface area contributed by atoms with E-state index >= 15 is 0 Å². The molecule has 0 fully saturated rings. The van der Waals surface area contributed by atoms with Gasteiger partial charge >= 0.3 is 6.16 Å². The molecule has 3 rings (SSSR count). The number of fused-ring (bicyclic) bond motifs is 1. The Labute approximate surface area is 114 Å². The number of carbonyl (C=O) groups is 1. The fraction of sp³-hybridized carbons (Fsp3) is 0.143. The first-order valence-corrected chi connectivity index (χ1v) is 5.95. The number of ether oxygens (including phenoxy) is 2. The van der Waals surface area contributed by atoms with Crippen LogP contribution in [-0.2, 0) is 11.8 Å². The largest absolute Gasteiger partial charge is 0.514 e. The second kappa shape index (κ2) is 4.73. The van der Waals surface area contributed by atoms with Gasteiger partial charge in [0.05, 0.1) is 25.0 Å². The van der Waals surface area contributed by atoms with Crippen molar-refractivity contribution in [1.29, 1.82) is 0 Å². The van der Waals surface area contributed by atoms with E-state index in [1.165, 1.54) is 11.8 Å². The number of hydrogen-bond acceptors (Lipinski definition) is 5. The van der Waals surface area contributed by atoms with E-state index in [1.54, 1.807) is 19.6 Å². The summed E-state index contributed by atoms with van der Waals surface area (Å²) in [6.45, 7) is 0. The summed E-state index contributed by atoms with van der Waals surface area (Å²) in [6, 6.07) is 7.49. The first-order chi connectivity index (χ1) is 9.70. The van der Waals surface area contributed by atoms with Gasteiger partial charge in [-0.05, 0) is 12.1 Å². The lowest BCUT2D eigenvalue weighted by atomic mass is 10.1. The van der Waals surface area contributed by atoms with Crippen molar-refractivity contribution in [2.45, 2.75) is 0 Å². The van der Waals surface area contributed by atoms with Gasteiger partial charge in [-0.1, -0.05) is 12.1 Å². The Balaban J connectivity index is 2.18. The number of rotatable bonds is 2. The van der Waals surface area contributed by atoms with Crippen LogP contribution in [0.2, 0.25) is 0 Å². The smallest absolute Gasteiger partial charge is 0.472 e. The fourth-order valence-corrected chi connectivity index (χ4v) is 2.09. The van der Waals surface area contributed by atoms with E-state index in [0.29, 0.717) is 5.88 Å². The highest BCUT2D eigenvalue weighted by Crippen LogP contribution is 2.33. The SMILES string of the molecule is COC(=O)Oc1c2cccc(-c3ccoc3)c2nn1C. The Morgan fingerprint density at radius 1 is 1.35 bits per heavy atom. The lowest BCUT2D eigenvalue weighted by Gasteiger charge is -2.02. The molecule has 6 heteroatoms. The molecule has 0 bridgehead atoms. The van der Waals surface area contributed by atoms with Crippen LogP contribution in [0.3, 0.4) is 0 Å². The minimum absolute atomic E-state index is 0.345. The van der Waals surface area contributed by atoms with E-state index in [2.05, 4.69) is 9.84 Å². The molecular formula is C14H12N2O4. The van der Waals surface area contributed by atoms with Crippen molar-refractivity contribution in [3.05, 3.63) is 36.8 Å². The van der Waals surface area contributed by atoms with Gasteiger partial charge in [0.1, 0.15) is 5.52 Å². The van der Waals surface area contributed by atoms with Crippen molar-refractivity contribution in [2.24, 2.45) is 7.05 Å². The van der Waals surface area contributed by atoms with E-state index in [4.69, 9.17) is 9.15 Å². The fourth-order valence-electron chi connectivity index (χ4n) is 2.09. The van der Waals surface area contributed by atoms with Gasteiger partial charge in [-0.2, -0.15) is 5.10 Å². The Hall–Kier alpha value is -2.76. The molecule has 0 aliphatic rings. The molecule has 0 saturated heterocycles. The summed E-state index contributed by atoms with van der Waals surface area (Å²) in [5.74, 6) is 0.345. The third kappa shape index (κ3) is 1.91. The molecule has 1 aromatic carbocycles. The van der Waals surface area contributed by atoms with Crippen molar-refractivity contribution in [2.75, 3.05) is 7.11 Å². The van der Waals surface area contributed by atoms with Crippen LogP contribution in [0.1, 0.15) is 0 Å². The minimum atomic E-state index is -0.774. The molecule has 3 aromatic rings. The lowest BCUT2D eigenvalue weighted by Crippen LogP contribution is -2.10. The molecule has 0 spiro atoms. The standard InChI is InChI=1S/C14H12N2O4/c1-16-13(20-14(17)18-2)11-5-3-4-10(12(11)15-16)9-6-7-19-8-9/h3-8H,1-2H3. The third-order valence-electron chi connectivity index (χ3n) is 2.99. The number of benzene rings is 1. The summed E-state index contributed by atoms with van der Waals surface area (Å²) in [5, 5.41) is 5.13. The van der Waals surface area contributed by atoms with Crippen LogP contribution in [0.4, 0.5) is 4.79 Å². The van der Waals surface area contributed by atoms with Crippen LogP contribution in [0, 0.1) is 0 Å². The molecule has 2 aromatic heterocycles. The van der Waals surface area contributed by atoms with Crippen molar-refractivity contribution in [1.82, 2.24) is 9.78 Å². The van der Waals surface area contributed by atoms with Gasteiger partial charge in [-0.15, -0.1) is 0 Å². The molecule has 0 saturated carbocycles. The van der Waals surface area contributed by atoms with E-state index in [9.17, 15) is 4.79 Å². The van der Waals surface area contributed by atoms with Gasteiger partial charge in [-0.3, -0.25) is 0 Å². The van der Waals surface area contributed by atoms with E-state index in [-0.39, 0.29) is 0 Å². The molecule has 0 unspecified atom stereocenters. The van der Waals surface area contributed by atoms with Crippen LogP contribution in [-0.4, -0.2) is 23.0 Å². The van der Waals surface area contributed by atoms with Crippen molar-refractivity contribution in [3.63, 3.8) is 0 Å². The highest BCUT2D eigenvalue weighted by molar-refractivity contribution is 5.97. The van der Waals surface area contributed by atoms with E-state index in [0.717, 1.165) is 22.0 Å². The Kier molecular flexibility index (Phi) is 2.90. The zero-order valence-corrected chi connectivity index (χ0v) is 11.0. The molecule has 2 heterocycles. The summed E-state index contributed by atoms with van der Waals surface area (Å²) >= 11 is 0. The maximum Gasteiger partial charge on any atom is 0.514 e. The average Bonchev–Trinajstić information content (AvgIpc) is 3.07. The monoisotopic (exact) mass is 272 g/mol. The molecule has 6 nitrogen and oxygen atoms in total. The number of carbonyl (C=O) groups excluding carboxylic acids is 1. The van der Waals surface area contributed by atoms with Gasteiger partial charge in [0.25, 0.3) is 0 Å². The zero-order chi connectivity index (χ0) is 14.1. The Morgan fingerprint density at radius 3 is 2.90 bits per heavy atom. The van der Waals surface area contributed by atoms with Gasteiger partial charge in [0, 0.05) is 18.2 Å². The van der Waals surface area contributed by atoms with Gasteiger partial charge in [0.2, 0.25) is 5.88 Å². The summed E-state index contributed by atoms with van der Waals surface area (Å²) in [7, 11) is 2.97. The molecule has 0 radical (unpaired) electrons. The summed E-state index contributed by atoms with van der Waals surface area (Å²) in [6.07, 6.45) is 2.47. The summed E-state index contributed by atoms with van der Waals surface area (Å²) in [5.41, 5.74) is 2.56. The predicted molar refractivity (Wildman–Crippen MR) is 71.4 cm³/mol. The second-order valence-corrected chi connectivity index (χ2v) is 4.20. The maximum absolute atomic E-state index is 11.3. The lowest BCUT2D eigenvalue weighted by molar-refractivity contribution is 0.118. The highest BCUT2D eigenvalue weighted by Gasteiger charge is 2.17. The summed E-state index contributed by atoms with van der Waals surface area (Å²) < 4.78 is 16.3. The van der Waals surface area contributed by atoms with Crippen LogP contribution in [0.15, 0.2) is 41.2 Å². The van der Waals surface area contributed by atoms with E-state index in [1.807, 2.05) is 24.3 Å². The zero-order valence-electron chi connectivity index (χ0n) is 11.0. The number of nitrogens with zero attached hydrogens (tertiary/aromatic N) is 2. The van der Waals surface area contributed by atoms with Crippen molar-refractivity contribution < 1.29 is 18.7 Å². The Morgan fingerprint density at radius 2 is 2.20 bits per heavy atom. The first-order valence-electron chi connectivity index (χ1n) is 5.95. The Bertz CT molecular complexity index is 759. The number of hydrogen-bond donors (Lipinski definition) is 0. The van der Waals surface area contributed by atoms with Gasteiger partial charge in [0.15, 0.2) is 0 Å². The van der Waals surface area contributed by atoms with Crippen molar-refractivity contribution >= 4 is 17.1 Å². The normalized spacial score (nSPS) is 10.7. The first kappa shape index (κ1) is 12.3. The topological polar surface area (TPSA) is 66.5 Å². The van der Waals surface area contributed by atoms with Crippen LogP contribution < -0.4 is 4.74 Å². The number of aromatic nitrogens is 2. The molecule has 0 amide bonds. The summed E-state index contributed by atoms with van der Waals surface area (Å²) in [4.78, 5) is 11.3. The molecule has 102 valence electrons. The molecule has 0 aliphatic heterocycles. The van der Waals surface area contributed by atoms with Crippen LogP contribution in [0.25, 0.3) is 22.0 Å².